The van der Waals surface area contributed by atoms with Crippen LogP contribution in [0.15, 0.2) is 5.38 Å². The molecule has 1 rings (SSSR count). The number of terminal acetylenes is 1. The van der Waals surface area contributed by atoms with Gasteiger partial charge in [0.2, 0.25) is 0 Å². The van der Waals surface area contributed by atoms with Gasteiger partial charge in [-0.1, -0.05) is 6.92 Å². The molecule has 1 heterocycles. The highest BCUT2D eigenvalue weighted by Gasteiger charge is 2.14. The Hall–Kier alpha value is -1.38. The van der Waals surface area contributed by atoms with Gasteiger partial charge in [-0.05, 0) is 13.0 Å². The monoisotopic (exact) mass is 251 g/mol. The second-order valence-electron chi connectivity index (χ2n) is 3.65. The van der Waals surface area contributed by atoms with Crippen LogP contribution >= 0.6 is 11.3 Å². The Morgan fingerprint density at radius 2 is 2.53 bits per heavy atom. The Labute approximate surface area is 106 Å². The van der Waals surface area contributed by atoms with Gasteiger partial charge in [-0.2, -0.15) is 0 Å². The van der Waals surface area contributed by atoms with Gasteiger partial charge in [-0.25, -0.2) is 4.98 Å². The van der Waals surface area contributed by atoms with E-state index in [0.29, 0.717) is 25.1 Å². The van der Waals surface area contributed by atoms with Crippen molar-refractivity contribution in [3.63, 3.8) is 0 Å². The summed E-state index contributed by atoms with van der Waals surface area (Å²) < 4.78 is 0. The Kier molecular flexibility index (Phi) is 5.67. The first-order valence-corrected chi connectivity index (χ1v) is 6.48. The Balaban J connectivity index is 2.59. The summed E-state index contributed by atoms with van der Waals surface area (Å²) in [5, 5.41) is 5.52. The molecule has 92 valence electrons. The van der Waals surface area contributed by atoms with E-state index in [9.17, 15) is 4.79 Å². The van der Waals surface area contributed by atoms with Crippen molar-refractivity contribution < 1.29 is 4.79 Å². The Morgan fingerprint density at radius 3 is 3.12 bits per heavy atom. The van der Waals surface area contributed by atoms with E-state index in [4.69, 9.17) is 12.2 Å². The molecule has 0 fully saturated rings. The number of carbonyl (C=O) groups is 1. The van der Waals surface area contributed by atoms with Gasteiger partial charge in [0, 0.05) is 24.3 Å². The number of carbonyl (C=O) groups excluding carboxylic acids is 1. The molecular weight excluding hydrogens is 234 g/mol. The number of hydrogen-bond acceptors (Lipinski definition) is 4. The molecule has 1 aromatic heterocycles. The smallest absolute Gasteiger partial charge is 0.271 e. The lowest BCUT2D eigenvalue weighted by Crippen LogP contribution is -2.34. The number of nitrogens with one attached hydrogen (secondary N) is 1. The van der Waals surface area contributed by atoms with E-state index in [1.807, 2.05) is 6.92 Å². The fourth-order valence-electron chi connectivity index (χ4n) is 1.35. The van der Waals surface area contributed by atoms with Crippen LogP contribution in [0.3, 0.4) is 0 Å². The van der Waals surface area contributed by atoms with Crippen molar-refractivity contribution in [3.8, 4) is 12.3 Å². The lowest BCUT2D eigenvalue weighted by Gasteiger charge is -2.12. The van der Waals surface area contributed by atoms with E-state index in [1.165, 1.54) is 11.3 Å². The van der Waals surface area contributed by atoms with Gasteiger partial charge in [0.15, 0.2) is 0 Å². The molecule has 1 unspecified atom stereocenters. The third-order valence-electron chi connectivity index (χ3n) is 2.33. The number of hydrogen-bond donors (Lipinski definition) is 2. The molecule has 0 aliphatic heterocycles. The lowest BCUT2D eigenvalue weighted by atomic mass is 10.1. The molecule has 0 aliphatic carbocycles. The van der Waals surface area contributed by atoms with E-state index in [0.717, 1.165) is 11.4 Å². The van der Waals surface area contributed by atoms with Gasteiger partial charge in [-0.3, -0.25) is 4.79 Å². The van der Waals surface area contributed by atoms with E-state index < -0.39 is 0 Å². The number of aromatic nitrogens is 1. The van der Waals surface area contributed by atoms with Crippen molar-refractivity contribution in [1.82, 2.24) is 10.3 Å². The first-order valence-electron chi connectivity index (χ1n) is 5.60. The molecule has 4 nitrogen and oxygen atoms in total. The molecule has 0 aliphatic rings. The van der Waals surface area contributed by atoms with Crippen molar-refractivity contribution in [3.05, 3.63) is 16.1 Å². The van der Waals surface area contributed by atoms with E-state index in [-0.39, 0.29) is 11.9 Å². The minimum absolute atomic E-state index is 0.0205. The summed E-state index contributed by atoms with van der Waals surface area (Å²) in [4.78, 5) is 16.1. The molecule has 5 heteroatoms. The second-order valence-corrected chi connectivity index (χ2v) is 4.59. The molecule has 17 heavy (non-hydrogen) atoms. The quantitative estimate of drug-likeness (QED) is 0.746. The van der Waals surface area contributed by atoms with Crippen molar-refractivity contribution in [2.45, 2.75) is 32.2 Å². The van der Waals surface area contributed by atoms with Crippen LogP contribution in [0.4, 0.5) is 0 Å². The maximum Gasteiger partial charge on any atom is 0.271 e. The molecule has 0 aromatic carbocycles. The largest absolute Gasteiger partial charge is 0.347 e. The summed E-state index contributed by atoms with van der Waals surface area (Å²) in [6.07, 6.45) is 7.30. The summed E-state index contributed by atoms with van der Waals surface area (Å²) in [5.74, 6) is 2.39. The minimum atomic E-state index is -0.161. The SMILES string of the molecule is C#CCC(CC)NC(=O)c1csc(CCN)n1. The zero-order chi connectivity index (χ0) is 12.7. The maximum absolute atomic E-state index is 11.8. The van der Waals surface area contributed by atoms with Crippen molar-refractivity contribution in [2.75, 3.05) is 6.54 Å². The first kappa shape index (κ1) is 13.7. The molecule has 0 saturated heterocycles. The summed E-state index contributed by atoms with van der Waals surface area (Å²) >= 11 is 1.46. The molecule has 1 atom stereocenters. The fraction of sp³-hybridized carbons (Fsp3) is 0.500. The molecule has 0 bridgehead atoms. The standard InChI is InChI=1S/C12H17N3OS/c1-3-5-9(4-2)14-12(16)10-8-17-11(15-10)6-7-13/h1,8-9H,4-7,13H2,2H3,(H,14,16). The van der Waals surface area contributed by atoms with Gasteiger partial charge < -0.3 is 11.1 Å². The van der Waals surface area contributed by atoms with Crippen LogP contribution in [-0.2, 0) is 6.42 Å². The van der Waals surface area contributed by atoms with Crippen molar-refractivity contribution >= 4 is 17.2 Å². The zero-order valence-electron chi connectivity index (χ0n) is 9.90. The minimum Gasteiger partial charge on any atom is -0.347 e. The third kappa shape index (κ3) is 4.17. The number of amides is 1. The van der Waals surface area contributed by atoms with E-state index in [2.05, 4.69) is 16.2 Å². The zero-order valence-corrected chi connectivity index (χ0v) is 10.7. The number of nitrogens with two attached hydrogens (primary N) is 1. The lowest BCUT2D eigenvalue weighted by molar-refractivity contribution is 0.0932. The highest BCUT2D eigenvalue weighted by atomic mass is 32.1. The highest BCUT2D eigenvalue weighted by Crippen LogP contribution is 2.10. The first-order chi connectivity index (χ1) is 8.21. The van der Waals surface area contributed by atoms with Crippen LogP contribution in [0.1, 0.15) is 35.3 Å². The Bertz CT molecular complexity index is 408. The van der Waals surface area contributed by atoms with Crippen molar-refractivity contribution in [2.24, 2.45) is 5.73 Å². The molecule has 3 N–H and O–H groups in total. The molecule has 1 aromatic rings. The third-order valence-corrected chi connectivity index (χ3v) is 3.24. The second kappa shape index (κ2) is 7.05. The van der Waals surface area contributed by atoms with Gasteiger partial charge >= 0.3 is 0 Å². The maximum atomic E-state index is 11.8. The van der Waals surface area contributed by atoms with Crippen LogP contribution in [0, 0.1) is 12.3 Å². The predicted octanol–water partition coefficient (Wildman–Crippen LogP) is 1.18. The summed E-state index contributed by atoms with van der Waals surface area (Å²) in [7, 11) is 0. The molecule has 0 saturated carbocycles. The van der Waals surface area contributed by atoms with Crippen LogP contribution in [0.25, 0.3) is 0 Å². The molecular formula is C12H17N3OS. The van der Waals surface area contributed by atoms with Crippen LogP contribution in [-0.4, -0.2) is 23.5 Å². The summed E-state index contributed by atoms with van der Waals surface area (Å²) in [6.45, 7) is 2.53. The molecule has 0 radical (unpaired) electrons. The average molecular weight is 251 g/mol. The average Bonchev–Trinajstić information content (AvgIpc) is 2.77. The summed E-state index contributed by atoms with van der Waals surface area (Å²) in [5.41, 5.74) is 5.88. The van der Waals surface area contributed by atoms with E-state index in [1.54, 1.807) is 5.38 Å². The van der Waals surface area contributed by atoms with E-state index >= 15 is 0 Å². The normalized spacial score (nSPS) is 11.8. The molecule has 1 amide bonds. The van der Waals surface area contributed by atoms with Crippen LogP contribution in [0.2, 0.25) is 0 Å². The Morgan fingerprint density at radius 1 is 1.76 bits per heavy atom. The topological polar surface area (TPSA) is 68.0 Å². The molecule has 0 spiro atoms. The summed E-state index contributed by atoms with van der Waals surface area (Å²) in [6, 6.07) is 0.0205. The van der Waals surface area contributed by atoms with Gasteiger partial charge in [-0.15, -0.1) is 23.7 Å². The van der Waals surface area contributed by atoms with Crippen molar-refractivity contribution in [1.29, 1.82) is 0 Å². The number of thiazole rings is 1. The number of rotatable bonds is 6. The fourth-order valence-corrected chi connectivity index (χ4v) is 2.15. The van der Waals surface area contributed by atoms with Gasteiger partial charge in [0.25, 0.3) is 5.91 Å². The number of nitrogens with zero attached hydrogens (tertiary/aromatic N) is 1. The van der Waals surface area contributed by atoms with Gasteiger partial charge in [0.1, 0.15) is 5.69 Å². The van der Waals surface area contributed by atoms with Crippen LogP contribution < -0.4 is 11.1 Å². The van der Waals surface area contributed by atoms with Crippen LogP contribution in [0.5, 0.6) is 0 Å². The predicted molar refractivity (Wildman–Crippen MR) is 69.9 cm³/mol. The highest BCUT2D eigenvalue weighted by molar-refractivity contribution is 7.09. The van der Waals surface area contributed by atoms with Gasteiger partial charge in [0.05, 0.1) is 5.01 Å².